The third-order valence-corrected chi connectivity index (χ3v) is 2.14. The first kappa shape index (κ1) is 6.02. The highest BCUT2D eigenvalue weighted by atomic mass is 16.5. The summed E-state index contributed by atoms with van der Waals surface area (Å²) >= 11 is 0. The fourth-order valence-electron chi connectivity index (χ4n) is 1.66. The molecule has 0 aromatic rings. The van der Waals surface area contributed by atoms with E-state index in [1.165, 1.54) is 25.0 Å². The van der Waals surface area contributed by atoms with Crippen LogP contribution in [0.25, 0.3) is 0 Å². The molecular weight excluding hydrogens is 124 g/mol. The van der Waals surface area contributed by atoms with Crippen molar-refractivity contribution in [1.29, 1.82) is 0 Å². The number of hydrogen-bond donors (Lipinski definition) is 0. The van der Waals surface area contributed by atoms with E-state index in [9.17, 15) is 0 Å². The van der Waals surface area contributed by atoms with Gasteiger partial charge >= 0.3 is 0 Å². The summed E-state index contributed by atoms with van der Waals surface area (Å²) in [6, 6.07) is 0. The Morgan fingerprint density at radius 2 is 2.50 bits per heavy atom. The number of ether oxygens (including phenoxy) is 1. The molecule has 0 bridgehead atoms. The zero-order valence-corrected chi connectivity index (χ0v) is 6.26. The monoisotopic (exact) mass is 136 g/mol. The highest BCUT2D eigenvalue weighted by molar-refractivity contribution is 5.19. The molecule has 0 saturated heterocycles. The molecule has 1 heteroatoms. The Labute approximate surface area is 61.4 Å². The van der Waals surface area contributed by atoms with Crippen molar-refractivity contribution in [3.05, 3.63) is 23.7 Å². The van der Waals surface area contributed by atoms with E-state index in [1.54, 1.807) is 0 Å². The van der Waals surface area contributed by atoms with Gasteiger partial charge in [0, 0.05) is 5.92 Å². The molecule has 1 aliphatic carbocycles. The van der Waals surface area contributed by atoms with E-state index in [0.29, 0.717) is 5.92 Å². The second-order valence-corrected chi connectivity index (χ2v) is 3.02. The summed E-state index contributed by atoms with van der Waals surface area (Å²) in [6.45, 7) is 2.03. The van der Waals surface area contributed by atoms with E-state index in [2.05, 4.69) is 12.2 Å². The van der Waals surface area contributed by atoms with Gasteiger partial charge < -0.3 is 4.74 Å². The van der Waals surface area contributed by atoms with E-state index in [-0.39, 0.29) is 0 Å². The van der Waals surface area contributed by atoms with Crippen LogP contribution < -0.4 is 0 Å². The van der Waals surface area contributed by atoms with Crippen LogP contribution in [-0.2, 0) is 4.74 Å². The first-order valence-corrected chi connectivity index (χ1v) is 3.92. The van der Waals surface area contributed by atoms with Crippen molar-refractivity contribution >= 4 is 0 Å². The van der Waals surface area contributed by atoms with E-state index < -0.39 is 0 Å². The van der Waals surface area contributed by atoms with Crippen LogP contribution in [0.4, 0.5) is 0 Å². The molecule has 0 aromatic carbocycles. The lowest BCUT2D eigenvalue weighted by molar-refractivity contribution is 0.292. The molecule has 1 atom stereocenters. The molecule has 0 amide bonds. The van der Waals surface area contributed by atoms with Crippen LogP contribution in [-0.4, -0.2) is 0 Å². The van der Waals surface area contributed by atoms with Gasteiger partial charge in [0.1, 0.15) is 5.76 Å². The number of fused-ring (bicyclic) bond motifs is 1. The standard InChI is InChI=1S/C9H12O/c1-7-6-8-4-2-3-5-9(8)10-7/h5-6,8H,2-4H2,1H3. The molecule has 0 spiro atoms. The lowest BCUT2D eigenvalue weighted by Gasteiger charge is -2.13. The topological polar surface area (TPSA) is 9.23 Å². The second kappa shape index (κ2) is 2.15. The van der Waals surface area contributed by atoms with Gasteiger partial charge in [0.2, 0.25) is 0 Å². The predicted molar refractivity (Wildman–Crippen MR) is 40.3 cm³/mol. The summed E-state index contributed by atoms with van der Waals surface area (Å²) in [4.78, 5) is 0. The average Bonchev–Trinajstić information content (AvgIpc) is 2.27. The summed E-state index contributed by atoms with van der Waals surface area (Å²) < 4.78 is 5.49. The fourth-order valence-corrected chi connectivity index (χ4v) is 1.66. The molecule has 2 rings (SSSR count). The lowest BCUT2D eigenvalue weighted by Crippen LogP contribution is -2.01. The molecule has 0 N–H and O–H groups in total. The quantitative estimate of drug-likeness (QED) is 0.497. The van der Waals surface area contributed by atoms with Crippen molar-refractivity contribution in [2.45, 2.75) is 26.2 Å². The Morgan fingerprint density at radius 3 is 3.30 bits per heavy atom. The normalized spacial score (nSPS) is 30.3. The van der Waals surface area contributed by atoms with E-state index in [1.807, 2.05) is 6.92 Å². The first-order chi connectivity index (χ1) is 4.86. The minimum Gasteiger partial charge on any atom is -0.466 e. The SMILES string of the molecule is CC1=CC2CCCC=C2O1. The van der Waals surface area contributed by atoms with Crippen molar-refractivity contribution in [3.63, 3.8) is 0 Å². The number of rotatable bonds is 0. The third-order valence-electron chi connectivity index (χ3n) is 2.14. The molecule has 10 heavy (non-hydrogen) atoms. The molecule has 0 saturated carbocycles. The predicted octanol–water partition coefficient (Wildman–Crippen LogP) is 2.60. The highest BCUT2D eigenvalue weighted by Crippen LogP contribution is 2.34. The minimum absolute atomic E-state index is 0.619. The van der Waals surface area contributed by atoms with Crippen molar-refractivity contribution in [3.8, 4) is 0 Å². The van der Waals surface area contributed by atoms with Gasteiger partial charge in [-0.3, -0.25) is 0 Å². The molecule has 2 aliphatic rings. The van der Waals surface area contributed by atoms with E-state index >= 15 is 0 Å². The van der Waals surface area contributed by atoms with Crippen LogP contribution in [0.15, 0.2) is 23.7 Å². The van der Waals surface area contributed by atoms with Crippen LogP contribution >= 0.6 is 0 Å². The maximum atomic E-state index is 5.49. The van der Waals surface area contributed by atoms with Gasteiger partial charge in [-0.15, -0.1) is 0 Å². The van der Waals surface area contributed by atoms with Crippen LogP contribution in [0.2, 0.25) is 0 Å². The van der Waals surface area contributed by atoms with E-state index in [0.717, 1.165) is 5.76 Å². The maximum absolute atomic E-state index is 5.49. The molecule has 1 heterocycles. The van der Waals surface area contributed by atoms with Gasteiger partial charge in [-0.25, -0.2) is 0 Å². The number of hydrogen-bond acceptors (Lipinski definition) is 1. The summed E-state index contributed by atoms with van der Waals surface area (Å²) in [5, 5.41) is 0. The Kier molecular flexibility index (Phi) is 1.30. The Balaban J connectivity index is 2.23. The van der Waals surface area contributed by atoms with Gasteiger partial charge in [0.25, 0.3) is 0 Å². The Bertz CT molecular complexity index is 201. The largest absolute Gasteiger partial charge is 0.466 e. The first-order valence-electron chi connectivity index (χ1n) is 3.92. The average molecular weight is 136 g/mol. The van der Waals surface area contributed by atoms with Crippen LogP contribution in [0.5, 0.6) is 0 Å². The van der Waals surface area contributed by atoms with Gasteiger partial charge in [0.15, 0.2) is 0 Å². The highest BCUT2D eigenvalue weighted by Gasteiger charge is 2.22. The Morgan fingerprint density at radius 1 is 1.60 bits per heavy atom. The van der Waals surface area contributed by atoms with Gasteiger partial charge in [-0.2, -0.15) is 0 Å². The third kappa shape index (κ3) is 0.859. The smallest absolute Gasteiger partial charge is 0.107 e. The van der Waals surface area contributed by atoms with Crippen LogP contribution in [0.3, 0.4) is 0 Å². The zero-order valence-electron chi connectivity index (χ0n) is 6.26. The molecule has 0 fully saturated rings. The zero-order chi connectivity index (χ0) is 6.97. The summed E-state index contributed by atoms with van der Waals surface area (Å²) in [5.41, 5.74) is 0. The summed E-state index contributed by atoms with van der Waals surface area (Å²) in [7, 11) is 0. The molecule has 1 aliphatic heterocycles. The molecule has 0 aromatic heterocycles. The lowest BCUT2D eigenvalue weighted by atomic mass is 9.95. The van der Waals surface area contributed by atoms with E-state index in [4.69, 9.17) is 4.74 Å². The molecule has 0 radical (unpaired) electrons. The van der Waals surface area contributed by atoms with Crippen molar-refractivity contribution in [1.82, 2.24) is 0 Å². The second-order valence-electron chi connectivity index (χ2n) is 3.02. The summed E-state index contributed by atoms with van der Waals surface area (Å²) in [6.07, 6.45) is 8.25. The molecular formula is C9H12O. The van der Waals surface area contributed by atoms with Crippen molar-refractivity contribution < 1.29 is 4.74 Å². The number of allylic oxidation sites excluding steroid dienone is 3. The van der Waals surface area contributed by atoms with Gasteiger partial charge in [0.05, 0.1) is 5.76 Å². The van der Waals surface area contributed by atoms with Crippen LogP contribution in [0.1, 0.15) is 26.2 Å². The van der Waals surface area contributed by atoms with Crippen molar-refractivity contribution in [2.24, 2.45) is 5.92 Å². The van der Waals surface area contributed by atoms with Crippen LogP contribution in [0, 0.1) is 5.92 Å². The van der Waals surface area contributed by atoms with Gasteiger partial charge in [-0.1, -0.05) is 0 Å². The molecule has 1 unspecified atom stereocenters. The fraction of sp³-hybridized carbons (Fsp3) is 0.556. The Hall–Kier alpha value is -0.720. The molecule has 54 valence electrons. The molecule has 1 nitrogen and oxygen atoms in total. The van der Waals surface area contributed by atoms with Gasteiger partial charge in [-0.05, 0) is 38.3 Å². The maximum Gasteiger partial charge on any atom is 0.107 e. The summed E-state index contributed by atoms with van der Waals surface area (Å²) in [5.74, 6) is 2.90. The van der Waals surface area contributed by atoms with Crippen molar-refractivity contribution in [2.75, 3.05) is 0 Å². The minimum atomic E-state index is 0.619.